The van der Waals surface area contributed by atoms with Crippen molar-refractivity contribution in [3.05, 3.63) is 29.8 Å². The Morgan fingerprint density at radius 3 is 2.53 bits per heavy atom. The van der Waals surface area contributed by atoms with Crippen LogP contribution in [-0.4, -0.2) is 26.5 Å². The predicted molar refractivity (Wildman–Crippen MR) is 78.0 cm³/mol. The molecule has 0 spiro atoms. The topological polar surface area (TPSA) is 69.4 Å². The first-order valence-electron chi connectivity index (χ1n) is 6.70. The van der Waals surface area contributed by atoms with Crippen LogP contribution in [0.2, 0.25) is 0 Å². The van der Waals surface area contributed by atoms with Crippen molar-refractivity contribution in [2.45, 2.75) is 32.7 Å². The van der Waals surface area contributed by atoms with Crippen LogP contribution in [0.3, 0.4) is 0 Å². The van der Waals surface area contributed by atoms with Crippen molar-refractivity contribution in [2.24, 2.45) is 5.73 Å². The predicted octanol–water partition coefficient (Wildman–Crippen LogP) is 2.13. The van der Waals surface area contributed by atoms with Gasteiger partial charge in [0.25, 0.3) is 0 Å². The van der Waals surface area contributed by atoms with Gasteiger partial charge < -0.3 is 10.5 Å². The van der Waals surface area contributed by atoms with E-state index in [0.29, 0.717) is 19.6 Å². The van der Waals surface area contributed by atoms with E-state index in [1.165, 1.54) is 0 Å². The number of hydrogen-bond acceptors (Lipinski definition) is 4. The normalized spacial score (nSPS) is 11.5. The highest BCUT2D eigenvalue weighted by Gasteiger charge is 2.09. The average molecular weight is 285 g/mol. The molecule has 108 valence electrons. The molecule has 0 saturated carbocycles. The minimum atomic E-state index is -2.92. The molecule has 0 heterocycles. The molecule has 19 heavy (non-hydrogen) atoms. The van der Waals surface area contributed by atoms with Gasteiger partial charge in [-0.1, -0.05) is 31.5 Å². The second-order valence-electron chi connectivity index (χ2n) is 4.52. The zero-order valence-electron chi connectivity index (χ0n) is 11.5. The number of rotatable bonds is 9. The molecule has 4 nitrogen and oxygen atoms in total. The van der Waals surface area contributed by atoms with Gasteiger partial charge >= 0.3 is 0 Å². The van der Waals surface area contributed by atoms with Crippen molar-refractivity contribution in [2.75, 3.05) is 18.1 Å². The minimum Gasteiger partial charge on any atom is -0.493 e. The van der Waals surface area contributed by atoms with Crippen molar-refractivity contribution in [1.82, 2.24) is 0 Å². The first-order valence-corrected chi connectivity index (χ1v) is 8.52. The molecule has 1 rings (SSSR count). The lowest BCUT2D eigenvalue weighted by molar-refractivity contribution is 0.314. The van der Waals surface area contributed by atoms with E-state index in [2.05, 4.69) is 0 Å². The summed E-state index contributed by atoms with van der Waals surface area (Å²) >= 11 is 0. The van der Waals surface area contributed by atoms with Crippen LogP contribution in [0.15, 0.2) is 24.3 Å². The molecule has 1 aromatic rings. The van der Waals surface area contributed by atoms with Crippen LogP contribution < -0.4 is 10.5 Å². The molecule has 5 heteroatoms. The number of unbranched alkanes of at least 4 members (excludes halogenated alkanes) is 1. The van der Waals surface area contributed by atoms with Crippen molar-refractivity contribution in [3.8, 4) is 5.75 Å². The van der Waals surface area contributed by atoms with E-state index in [1.54, 1.807) is 0 Å². The van der Waals surface area contributed by atoms with Crippen molar-refractivity contribution in [1.29, 1.82) is 0 Å². The van der Waals surface area contributed by atoms with E-state index < -0.39 is 9.84 Å². The van der Waals surface area contributed by atoms with Gasteiger partial charge in [0.05, 0.1) is 18.1 Å². The summed E-state index contributed by atoms with van der Waals surface area (Å²) in [5.74, 6) is 1.22. The van der Waals surface area contributed by atoms with Gasteiger partial charge in [0.15, 0.2) is 0 Å². The molecule has 0 atom stereocenters. The standard InChI is InChI=1S/C14H23NO3S/c1-2-3-10-19(16,17)11-6-9-18-14-8-5-4-7-13(14)12-15/h4-5,7-8H,2-3,6,9-12,15H2,1H3. The second-order valence-corrected chi connectivity index (χ2v) is 6.82. The molecular weight excluding hydrogens is 262 g/mol. The SMILES string of the molecule is CCCCS(=O)(=O)CCCOc1ccccc1CN. The summed E-state index contributed by atoms with van der Waals surface area (Å²) < 4.78 is 28.9. The summed E-state index contributed by atoms with van der Waals surface area (Å²) in [6, 6.07) is 7.55. The summed E-state index contributed by atoms with van der Waals surface area (Å²) in [5.41, 5.74) is 6.54. The minimum absolute atomic E-state index is 0.192. The Morgan fingerprint density at radius 2 is 1.84 bits per heavy atom. The Labute approximate surface area is 115 Å². The number of para-hydroxylation sites is 1. The van der Waals surface area contributed by atoms with E-state index in [-0.39, 0.29) is 11.5 Å². The number of hydrogen-bond donors (Lipinski definition) is 1. The Bertz CT molecular complexity index is 471. The Kier molecular flexibility index (Phi) is 6.87. The fourth-order valence-corrected chi connectivity index (χ4v) is 3.23. The average Bonchev–Trinajstić information content (AvgIpc) is 2.42. The third kappa shape index (κ3) is 6.07. The summed E-state index contributed by atoms with van der Waals surface area (Å²) in [6.07, 6.45) is 2.16. The van der Waals surface area contributed by atoms with Crippen molar-refractivity contribution >= 4 is 9.84 Å². The van der Waals surface area contributed by atoms with Gasteiger partial charge in [-0.3, -0.25) is 0 Å². The second kappa shape index (κ2) is 8.17. The summed E-state index contributed by atoms with van der Waals surface area (Å²) in [5, 5.41) is 0. The van der Waals surface area contributed by atoms with Gasteiger partial charge in [0.1, 0.15) is 15.6 Å². The molecule has 0 saturated heterocycles. The zero-order valence-corrected chi connectivity index (χ0v) is 12.3. The van der Waals surface area contributed by atoms with E-state index in [4.69, 9.17) is 10.5 Å². The van der Waals surface area contributed by atoms with Crippen LogP contribution in [-0.2, 0) is 16.4 Å². The van der Waals surface area contributed by atoms with Gasteiger partial charge in [0.2, 0.25) is 0 Å². The Balaban J connectivity index is 2.35. The van der Waals surface area contributed by atoms with Crippen LogP contribution in [0.4, 0.5) is 0 Å². The van der Waals surface area contributed by atoms with Crippen LogP contribution >= 0.6 is 0 Å². The van der Waals surface area contributed by atoms with E-state index in [9.17, 15) is 8.42 Å². The molecule has 0 aliphatic carbocycles. The van der Waals surface area contributed by atoms with Crippen LogP contribution in [0, 0.1) is 0 Å². The summed E-state index contributed by atoms with van der Waals surface area (Å²) in [4.78, 5) is 0. The Morgan fingerprint density at radius 1 is 1.16 bits per heavy atom. The molecule has 0 aromatic heterocycles. The largest absolute Gasteiger partial charge is 0.493 e. The first-order chi connectivity index (χ1) is 9.09. The van der Waals surface area contributed by atoms with Gasteiger partial charge in [-0.2, -0.15) is 0 Å². The molecular formula is C14H23NO3S. The van der Waals surface area contributed by atoms with Gasteiger partial charge in [-0.05, 0) is 18.9 Å². The van der Waals surface area contributed by atoms with E-state index in [0.717, 1.165) is 24.2 Å². The molecule has 0 aliphatic heterocycles. The molecule has 0 amide bonds. The monoisotopic (exact) mass is 285 g/mol. The molecule has 0 bridgehead atoms. The summed E-state index contributed by atoms with van der Waals surface area (Å²) in [7, 11) is -2.92. The fraction of sp³-hybridized carbons (Fsp3) is 0.571. The van der Waals surface area contributed by atoms with E-state index >= 15 is 0 Å². The number of nitrogens with two attached hydrogens (primary N) is 1. The first kappa shape index (κ1) is 16.0. The maximum absolute atomic E-state index is 11.6. The molecule has 0 unspecified atom stereocenters. The van der Waals surface area contributed by atoms with Crippen LogP contribution in [0.25, 0.3) is 0 Å². The third-order valence-corrected chi connectivity index (χ3v) is 4.68. The smallest absolute Gasteiger partial charge is 0.150 e. The third-order valence-electron chi connectivity index (χ3n) is 2.86. The number of sulfone groups is 1. The Hall–Kier alpha value is -1.07. The van der Waals surface area contributed by atoms with E-state index in [1.807, 2.05) is 31.2 Å². The highest BCUT2D eigenvalue weighted by molar-refractivity contribution is 7.91. The lowest BCUT2D eigenvalue weighted by Gasteiger charge is -2.10. The molecule has 0 fully saturated rings. The lowest BCUT2D eigenvalue weighted by Crippen LogP contribution is -2.14. The molecule has 0 aliphatic rings. The molecule has 1 aromatic carbocycles. The molecule has 0 radical (unpaired) electrons. The number of benzene rings is 1. The zero-order chi connectivity index (χ0) is 14.1. The van der Waals surface area contributed by atoms with Crippen molar-refractivity contribution in [3.63, 3.8) is 0 Å². The highest BCUT2D eigenvalue weighted by atomic mass is 32.2. The van der Waals surface area contributed by atoms with Crippen molar-refractivity contribution < 1.29 is 13.2 Å². The fourth-order valence-electron chi connectivity index (χ4n) is 1.74. The quantitative estimate of drug-likeness (QED) is 0.706. The summed E-state index contributed by atoms with van der Waals surface area (Å²) in [6.45, 7) is 2.82. The van der Waals surface area contributed by atoms with Crippen LogP contribution in [0.1, 0.15) is 31.7 Å². The highest BCUT2D eigenvalue weighted by Crippen LogP contribution is 2.17. The molecule has 2 N–H and O–H groups in total. The van der Waals surface area contributed by atoms with Gasteiger partial charge in [-0.25, -0.2) is 8.42 Å². The number of ether oxygens (including phenoxy) is 1. The van der Waals surface area contributed by atoms with Gasteiger partial charge in [0, 0.05) is 12.1 Å². The van der Waals surface area contributed by atoms with Gasteiger partial charge in [-0.15, -0.1) is 0 Å². The maximum Gasteiger partial charge on any atom is 0.150 e. The lowest BCUT2D eigenvalue weighted by atomic mass is 10.2. The van der Waals surface area contributed by atoms with Crippen LogP contribution in [0.5, 0.6) is 5.75 Å². The maximum atomic E-state index is 11.6.